The monoisotopic (exact) mass is 452 g/mol. The summed E-state index contributed by atoms with van der Waals surface area (Å²) in [5, 5.41) is 14.3. The second-order valence-electron chi connectivity index (χ2n) is 7.71. The second-order valence-corrected chi connectivity index (χ2v) is 7.71. The zero-order valence-electron chi connectivity index (χ0n) is 19.2. The maximum atomic E-state index is 12.7. The maximum absolute atomic E-state index is 12.7. The lowest BCUT2D eigenvalue weighted by Crippen LogP contribution is -2.17. The van der Waals surface area contributed by atoms with Crippen LogP contribution in [0.5, 0.6) is 11.5 Å². The minimum atomic E-state index is -0.368. The molecule has 0 atom stereocenters. The van der Waals surface area contributed by atoms with Gasteiger partial charge in [-0.2, -0.15) is 10.4 Å². The number of nitriles is 1. The van der Waals surface area contributed by atoms with Crippen LogP contribution in [0.3, 0.4) is 0 Å². The summed E-state index contributed by atoms with van der Waals surface area (Å²) in [6.07, 6.45) is 1.67. The third-order valence-corrected chi connectivity index (χ3v) is 5.68. The van der Waals surface area contributed by atoms with Gasteiger partial charge in [-0.05, 0) is 42.8 Å². The average Bonchev–Trinajstić information content (AvgIpc) is 3.14. The van der Waals surface area contributed by atoms with Crippen LogP contribution in [-0.4, -0.2) is 30.9 Å². The number of aromatic nitrogens is 1. The number of para-hydroxylation sites is 1. The van der Waals surface area contributed by atoms with Gasteiger partial charge in [0.25, 0.3) is 5.91 Å². The van der Waals surface area contributed by atoms with E-state index in [0.717, 1.165) is 27.7 Å². The van der Waals surface area contributed by atoms with Crippen molar-refractivity contribution in [2.24, 2.45) is 5.10 Å². The van der Waals surface area contributed by atoms with Crippen molar-refractivity contribution in [3.8, 4) is 17.6 Å². The number of methoxy groups -OCH3 is 2. The molecule has 0 aliphatic carbocycles. The number of hydrogen-bond donors (Lipinski definition) is 1. The Kier molecular flexibility index (Phi) is 6.60. The SMILES string of the molecule is COc1cc(OC)cc(C(=O)N/N=C\c2c(C)n(Cc3ccc(C#N)cc3)c3ccccc23)c1. The van der Waals surface area contributed by atoms with Crippen molar-refractivity contribution in [2.45, 2.75) is 13.5 Å². The van der Waals surface area contributed by atoms with E-state index in [1.807, 2.05) is 49.4 Å². The lowest BCUT2D eigenvalue weighted by atomic mass is 10.1. The minimum absolute atomic E-state index is 0.368. The van der Waals surface area contributed by atoms with E-state index < -0.39 is 0 Å². The Morgan fingerprint density at radius 3 is 2.38 bits per heavy atom. The first-order valence-corrected chi connectivity index (χ1v) is 10.7. The standard InChI is InChI=1S/C27H24N4O3/c1-18-25(16-29-30-27(32)21-12-22(33-2)14-23(13-21)34-3)24-6-4-5-7-26(24)31(18)17-20-10-8-19(15-28)9-11-20/h4-14,16H,17H2,1-3H3,(H,30,32)/b29-16-. The van der Waals surface area contributed by atoms with Crippen LogP contribution in [0, 0.1) is 18.3 Å². The molecule has 34 heavy (non-hydrogen) atoms. The molecule has 1 heterocycles. The van der Waals surface area contributed by atoms with Gasteiger partial charge in [0, 0.05) is 40.3 Å². The molecule has 4 rings (SSSR count). The van der Waals surface area contributed by atoms with Crippen molar-refractivity contribution in [1.82, 2.24) is 9.99 Å². The van der Waals surface area contributed by atoms with Gasteiger partial charge >= 0.3 is 0 Å². The average molecular weight is 453 g/mol. The minimum Gasteiger partial charge on any atom is -0.497 e. The van der Waals surface area contributed by atoms with E-state index in [2.05, 4.69) is 27.2 Å². The number of nitrogens with one attached hydrogen (secondary N) is 1. The summed E-state index contributed by atoms with van der Waals surface area (Å²) in [6, 6.07) is 22.7. The van der Waals surface area contributed by atoms with Crippen molar-refractivity contribution in [3.05, 3.63) is 94.7 Å². The van der Waals surface area contributed by atoms with Crippen LogP contribution in [0.25, 0.3) is 10.9 Å². The van der Waals surface area contributed by atoms with E-state index in [9.17, 15) is 4.79 Å². The number of fused-ring (bicyclic) bond motifs is 1. The van der Waals surface area contributed by atoms with Crippen LogP contribution in [0.4, 0.5) is 0 Å². The zero-order valence-corrected chi connectivity index (χ0v) is 19.2. The number of hydrogen-bond acceptors (Lipinski definition) is 5. The number of amides is 1. The molecule has 7 heteroatoms. The summed E-state index contributed by atoms with van der Waals surface area (Å²) in [5.74, 6) is 0.679. The summed E-state index contributed by atoms with van der Waals surface area (Å²) in [5.41, 5.74) is 7.71. The lowest BCUT2D eigenvalue weighted by molar-refractivity contribution is 0.0954. The van der Waals surface area contributed by atoms with Crippen molar-refractivity contribution >= 4 is 23.0 Å². The summed E-state index contributed by atoms with van der Waals surface area (Å²) in [6.45, 7) is 2.68. The highest BCUT2D eigenvalue weighted by molar-refractivity contribution is 6.02. The molecule has 0 spiro atoms. The predicted molar refractivity (Wildman–Crippen MR) is 132 cm³/mol. The Morgan fingerprint density at radius 2 is 1.74 bits per heavy atom. The number of carbonyl (C=O) groups excluding carboxylic acids is 1. The second kappa shape index (κ2) is 9.92. The van der Waals surface area contributed by atoms with E-state index in [0.29, 0.717) is 29.2 Å². The molecule has 0 saturated heterocycles. The molecule has 1 N–H and O–H groups in total. The Bertz CT molecular complexity index is 1390. The smallest absolute Gasteiger partial charge is 0.271 e. The molecule has 3 aromatic carbocycles. The molecule has 0 radical (unpaired) electrons. The van der Waals surface area contributed by atoms with E-state index in [-0.39, 0.29) is 5.91 Å². The molecule has 0 bridgehead atoms. The highest BCUT2D eigenvalue weighted by Gasteiger charge is 2.14. The summed E-state index contributed by atoms with van der Waals surface area (Å²) >= 11 is 0. The fourth-order valence-electron chi connectivity index (χ4n) is 3.85. The molecular formula is C27H24N4O3. The number of rotatable bonds is 7. The molecule has 0 saturated carbocycles. The fraction of sp³-hybridized carbons (Fsp3) is 0.148. The Hall–Kier alpha value is -4.57. The third-order valence-electron chi connectivity index (χ3n) is 5.68. The van der Waals surface area contributed by atoms with Gasteiger partial charge < -0.3 is 14.0 Å². The first-order valence-electron chi connectivity index (χ1n) is 10.7. The van der Waals surface area contributed by atoms with Gasteiger partial charge in [-0.15, -0.1) is 0 Å². The molecule has 7 nitrogen and oxygen atoms in total. The first kappa shape index (κ1) is 22.6. The fourth-order valence-corrected chi connectivity index (χ4v) is 3.85. The van der Waals surface area contributed by atoms with E-state index in [1.165, 1.54) is 14.2 Å². The van der Waals surface area contributed by atoms with Gasteiger partial charge in [-0.25, -0.2) is 5.43 Å². The predicted octanol–water partition coefficient (Wildman–Crippen LogP) is 4.65. The van der Waals surface area contributed by atoms with Crippen molar-refractivity contribution in [2.75, 3.05) is 14.2 Å². The third kappa shape index (κ3) is 4.62. The van der Waals surface area contributed by atoms with Gasteiger partial charge in [-0.1, -0.05) is 30.3 Å². The van der Waals surface area contributed by atoms with Crippen LogP contribution >= 0.6 is 0 Å². The van der Waals surface area contributed by atoms with E-state index in [1.54, 1.807) is 24.4 Å². The van der Waals surface area contributed by atoms with Gasteiger partial charge in [0.1, 0.15) is 11.5 Å². The Morgan fingerprint density at radius 1 is 1.06 bits per heavy atom. The molecule has 1 amide bonds. The molecule has 0 aliphatic heterocycles. The van der Waals surface area contributed by atoms with Crippen molar-refractivity contribution < 1.29 is 14.3 Å². The largest absolute Gasteiger partial charge is 0.497 e. The normalized spacial score (nSPS) is 10.9. The number of carbonyl (C=O) groups is 1. The van der Waals surface area contributed by atoms with Gasteiger partial charge in [0.2, 0.25) is 0 Å². The number of nitrogens with zero attached hydrogens (tertiary/aromatic N) is 3. The van der Waals surface area contributed by atoms with E-state index >= 15 is 0 Å². The first-order chi connectivity index (χ1) is 16.5. The highest BCUT2D eigenvalue weighted by Crippen LogP contribution is 2.26. The maximum Gasteiger partial charge on any atom is 0.271 e. The van der Waals surface area contributed by atoms with Crippen LogP contribution in [0.1, 0.15) is 32.7 Å². The Labute approximate surface area is 197 Å². The molecule has 0 aliphatic rings. The van der Waals surface area contributed by atoms with Crippen LogP contribution in [-0.2, 0) is 6.54 Å². The highest BCUT2D eigenvalue weighted by atomic mass is 16.5. The quantitative estimate of drug-likeness (QED) is 0.327. The molecule has 0 unspecified atom stereocenters. The molecule has 1 aromatic heterocycles. The number of ether oxygens (including phenoxy) is 2. The molecular weight excluding hydrogens is 428 g/mol. The number of hydrazone groups is 1. The van der Waals surface area contributed by atoms with Crippen LogP contribution in [0.15, 0.2) is 71.8 Å². The lowest BCUT2D eigenvalue weighted by Gasteiger charge is -2.09. The zero-order chi connectivity index (χ0) is 24.1. The summed E-state index contributed by atoms with van der Waals surface area (Å²) in [4.78, 5) is 12.7. The van der Waals surface area contributed by atoms with Crippen molar-refractivity contribution in [1.29, 1.82) is 5.26 Å². The summed E-state index contributed by atoms with van der Waals surface area (Å²) in [7, 11) is 3.07. The van der Waals surface area contributed by atoms with Gasteiger partial charge in [0.05, 0.1) is 32.1 Å². The van der Waals surface area contributed by atoms with Crippen molar-refractivity contribution in [3.63, 3.8) is 0 Å². The number of benzene rings is 3. The van der Waals surface area contributed by atoms with E-state index in [4.69, 9.17) is 14.7 Å². The molecule has 170 valence electrons. The molecule has 4 aromatic rings. The Balaban J connectivity index is 1.60. The van der Waals surface area contributed by atoms with Crippen LogP contribution < -0.4 is 14.9 Å². The van der Waals surface area contributed by atoms with Gasteiger partial charge in [-0.3, -0.25) is 4.79 Å². The topological polar surface area (TPSA) is 88.6 Å². The van der Waals surface area contributed by atoms with Gasteiger partial charge in [0.15, 0.2) is 0 Å². The van der Waals surface area contributed by atoms with Crippen LogP contribution in [0.2, 0.25) is 0 Å². The molecule has 0 fully saturated rings. The summed E-state index contributed by atoms with van der Waals surface area (Å²) < 4.78 is 12.7.